The Balaban J connectivity index is 2.27. The molecule has 1 aromatic rings. The summed E-state index contributed by atoms with van der Waals surface area (Å²) in [5.74, 6) is 0.935. The third-order valence-electron chi connectivity index (χ3n) is 1.78. The monoisotopic (exact) mass is 278 g/mol. The zero-order valence-electron chi connectivity index (χ0n) is 9.84. The molecule has 5 heteroatoms. The summed E-state index contributed by atoms with van der Waals surface area (Å²) in [6.45, 7) is 4.75. The Hall–Kier alpha value is 0.320. The topological polar surface area (TPSA) is 18.5 Å². The summed E-state index contributed by atoms with van der Waals surface area (Å²) < 4.78 is 11.1. The smallest absolute Gasteiger partial charge is 0.105 e. The van der Waals surface area contributed by atoms with Crippen LogP contribution in [0.3, 0.4) is 0 Å². The summed E-state index contributed by atoms with van der Waals surface area (Å²) in [5, 5.41) is 4.25. The number of ether oxygens (including phenoxy) is 1. The summed E-state index contributed by atoms with van der Waals surface area (Å²) in [6, 6.07) is 2.13. The highest BCUT2D eigenvalue weighted by molar-refractivity contribution is 7.99. The SMILES string of the molecule is CSOC(COC(C)C)CSc1ccsc1. The van der Waals surface area contributed by atoms with Crippen molar-refractivity contribution in [2.75, 3.05) is 18.6 Å². The zero-order chi connectivity index (χ0) is 11.8. The molecule has 1 rings (SSSR count). The van der Waals surface area contributed by atoms with Gasteiger partial charge in [-0.1, -0.05) is 0 Å². The fourth-order valence-corrected chi connectivity index (χ4v) is 3.29. The molecule has 0 aliphatic rings. The van der Waals surface area contributed by atoms with Gasteiger partial charge in [-0.3, -0.25) is 0 Å². The van der Waals surface area contributed by atoms with E-state index in [-0.39, 0.29) is 12.2 Å². The van der Waals surface area contributed by atoms with Gasteiger partial charge in [0.05, 0.1) is 12.7 Å². The molecule has 16 heavy (non-hydrogen) atoms. The lowest BCUT2D eigenvalue weighted by Crippen LogP contribution is -2.22. The van der Waals surface area contributed by atoms with Crippen molar-refractivity contribution in [3.8, 4) is 0 Å². The first-order chi connectivity index (χ1) is 7.72. The van der Waals surface area contributed by atoms with Crippen molar-refractivity contribution in [2.24, 2.45) is 0 Å². The van der Waals surface area contributed by atoms with E-state index in [9.17, 15) is 0 Å². The fraction of sp³-hybridized carbons (Fsp3) is 0.636. The number of hydrogen-bond donors (Lipinski definition) is 0. The maximum Gasteiger partial charge on any atom is 0.105 e. The maximum absolute atomic E-state index is 5.58. The van der Waals surface area contributed by atoms with Gasteiger partial charge >= 0.3 is 0 Å². The Bertz CT molecular complexity index is 262. The average Bonchev–Trinajstić information content (AvgIpc) is 2.75. The first-order valence-corrected chi connectivity index (χ1v) is 8.26. The van der Waals surface area contributed by atoms with E-state index in [0.717, 1.165) is 5.75 Å². The highest BCUT2D eigenvalue weighted by Gasteiger charge is 2.11. The predicted octanol–water partition coefficient (Wildman–Crippen LogP) is 3.93. The molecule has 0 aromatic carbocycles. The Kier molecular flexibility index (Phi) is 7.56. The van der Waals surface area contributed by atoms with Crippen LogP contribution in [0.25, 0.3) is 0 Å². The van der Waals surface area contributed by atoms with Gasteiger partial charge in [0.15, 0.2) is 0 Å². The Morgan fingerprint density at radius 1 is 1.44 bits per heavy atom. The molecule has 0 saturated carbocycles. The van der Waals surface area contributed by atoms with Crippen molar-refractivity contribution in [3.63, 3.8) is 0 Å². The quantitative estimate of drug-likeness (QED) is 0.529. The van der Waals surface area contributed by atoms with E-state index in [1.165, 1.54) is 16.9 Å². The molecule has 1 unspecified atom stereocenters. The Morgan fingerprint density at radius 2 is 2.25 bits per heavy atom. The summed E-state index contributed by atoms with van der Waals surface area (Å²) in [6.07, 6.45) is 2.36. The summed E-state index contributed by atoms with van der Waals surface area (Å²) in [5.41, 5.74) is 0. The molecule has 0 aliphatic carbocycles. The molecule has 0 amide bonds. The lowest BCUT2D eigenvalue weighted by molar-refractivity contribution is 0.0315. The molecule has 0 saturated heterocycles. The second-order valence-electron chi connectivity index (χ2n) is 3.54. The number of hydrogen-bond acceptors (Lipinski definition) is 5. The predicted molar refractivity (Wildman–Crippen MR) is 74.5 cm³/mol. The van der Waals surface area contributed by atoms with Crippen molar-refractivity contribution in [3.05, 3.63) is 16.8 Å². The first kappa shape index (κ1) is 14.4. The van der Waals surface area contributed by atoms with Crippen LogP contribution in [0.2, 0.25) is 0 Å². The van der Waals surface area contributed by atoms with Gasteiger partial charge in [0, 0.05) is 22.3 Å². The molecule has 1 heterocycles. The van der Waals surface area contributed by atoms with Crippen molar-refractivity contribution < 1.29 is 8.92 Å². The minimum absolute atomic E-state index is 0.155. The van der Waals surface area contributed by atoms with Crippen LogP contribution in [0.1, 0.15) is 13.8 Å². The molecule has 0 aliphatic heterocycles. The largest absolute Gasteiger partial charge is 0.376 e. The Morgan fingerprint density at radius 3 is 2.81 bits per heavy atom. The van der Waals surface area contributed by atoms with Crippen molar-refractivity contribution >= 4 is 35.1 Å². The minimum atomic E-state index is 0.155. The van der Waals surface area contributed by atoms with E-state index < -0.39 is 0 Å². The maximum atomic E-state index is 5.58. The number of rotatable bonds is 8. The van der Waals surface area contributed by atoms with E-state index in [4.69, 9.17) is 8.92 Å². The van der Waals surface area contributed by atoms with Crippen LogP contribution in [0, 0.1) is 0 Å². The molecule has 2 nitrogen and oxygen atoms in total. The van der Waals surface area contributed by atoms with Crippen molar-refractivity contribution in [2.45, 2.75) is 31.0 Å². The van der Waals surface area contributed by atoms with E-state index in [1.54, 1.807) is 11.3 Å². The van der Waals surface area contributed by atoms with Crippen LogP contribution in [0.5, 0.6) is 0 Å². The van der Waals surface area contributed by atoms with Crippen LogP contribution in [-0.4, -0.2) is 30.8 Å². The standard InChI is InChI=1S/C11H18O2S3/c1-9(2)12-6-10(13-14-3)7-16-11-4-5-15-8-11/h4-5,8-10H,6-7H2,1-3H3. The van der Waals surface area contributed by atoms with E-state index in [0.29, 0.717) is 6.61 Å². The van der Waals surface area contributed by atoms with Gasteiger partial charge in [-0.05, 0) is 37.3 Å². The van der Waals surface area contributed by atoms with Crippen LogP contribution in [0.4, 0.5) is 0 Å². The van der Waals surface area contributed by atoms with Gasteiger partial charge < -0.3 is 8.92 Å². The molecule has 1 aromatic heterocycles. The van der Waals surface area contributed by atoms with Crippen LogP contribution in [-0.2, 0) is 8.92 Å². The zero-order valence-corrected chi connectivity index (χ0v) is 12.3. The lowest BCUT2D eigenvalue weighted by atomic mass is 10.4. The van der Waals surface area contributed by atoms with Gasteiger partial charge in [0.2, 0.25) is 0 Å². The van der Waals surface area contributed by atoms with E-state index in [1.807, 2.05) is 31.9 Å². The highest BCUT2D eigenvalue weighted by atomic mass is 32.2. The fourth-order valence-electron chi connectivity index (χ4n) is 1.06. The molecule has 1 atom stereocenters. The first-order valence-electron chi connectivity index (χ1n) is 5.18. The number of thioether (sulfide) groups is 1. The third kappa shape index (κ3) is 6.15. The highest BCUT2D eigenvalue weighted by Crippen LogP contribution is 2.23. The van der Waals surface area contributed by atoms with Crippen LogP contribution >= 0.6 is 35.1 Å². The molecule has 0 radical (unpaired) electrons. The molecule has 0 N–H and O–H groups in total. The Labute approximate surface area is 110 Å². The van der Waals surface area contributed by atoms with Crippen LogP contribution in [0.15, 0.2) is 21.7 Å². The summed E-state index contributed by atoms with van der Waals surface area (Å²) in [4.78, 5) is 1.31. The number of thiophene rings is 1. The van der Waals surface area contributed by atoms with E-state index >= 15 is 0 Å². The van der Waals surface area contributed by atoms with Gasteiger partial charge in [0.25, 0.3) is 0 Å². The van der Waals surface area contributed by atoms with Crippen molar-refractivity contribution in [1.29, 1.82) is 0 Å². The normalized spacial score (nSPS) is 13.2. The summed E-state index contributed by atoms with van der Waals surface area (Å²) in [7, 11) is 0. The molecule has 0 fully saturated rings. The lowest BCUT2D eigenvalue weighted by Gasteiger charge is -2.17. The second-order valence-corrected chi connectivity index (χ2v) is 5.94. The molecule has 0 bridgehead atoms. The second kappa shape index (κ2) is 8.42. The minimum Gasteiger partial charge on any atom is -0.376 e. The molecular formula is C11H18O2S3. The van der Waals surface area contributed by atoms with Gasteiger partial charge in [-0.15, -0.1) is 11.8 Å². The third-order valence-corrected chi connectivity index (χ3v) is 4.20. The van der Waals surface area contributed by atoms with Gasteiger partial charge in [-0.2, -0.15) is 11.3 Å². The van der Waals surface area contributed by atoms with Crippen molar-refractivity contribution in [1.82, 2.24) is 0 Å². The molecule has 92 valence electrons. The van der Waals surface area contributed by atoms with Gasteiger partial charge in [-0.25, -0.2) is 0 Å². The summed E-state index contributed by atoms with van der Waals surface area (Å²) >= 11 is 4.95. The van der Waals surface area contributed by atoms with Gasteiger partial charge in [0.1, 0.15) is 6.10 Å². The van der Waals surface area contributed by atoms with Crippen LogP contribution < -0.4 is 0 Å². The molecular weight excluding hydrogens is 260 g/mol. The van der Waals surface area contributed by atoms with E-state index in [2.05, 4.69) is 16.8 Å². The average molecular weight is 278 g/mol. The molecule has 0 spiro atoms.